The van der Waals surface area contributed by atoms with E-state index >= 15 is 4.79 Å². The molecule has 17 heteroatoms. The van der Waals surface area contributed by atoms with Crippen LogP contribution in [0.1, 0.15) is 69.5 Å². The lowest BCUT2D eigenvalue weighted by molar-refractivity contribution is -0.434. The van der Waals surface area contributed by atoms with E-state index in [-0.39, 0.29) is 85.9 Å². The minimum Gasteiger partial charge on any atom is -0.497 e. The predicted molar refractivity (Wildman–Crippen MR) is 406 cm³/mol. The molecule has 3 heterocycles. The highest BCUT2D eigenvalue weighted by molar-refractivity contribution is 5.77. The molecule has 0 saturated carbocycles. The van der Waals surface area contributed by atoms with Crippen molar-refractivity contribution in [1.82, 2.24) is 0 Å². The van der Waals surface area contributed by atoms with Crippen LogP contribution >= 0.6 is 0 Å². The van der Waals surface area contributed by atoms with Gasteiger partial charge in [-0.05, 0) is 81.6 Å². The second-order valence-electron chi connectivity index (χ2n) is 27.5. The second kappa shape index (κ2) is 39.3. The van der Waals surface area contributed by atoms with Gasteiger partial charge < -0.3 is 75.8 Å². The fraction of sp³-hybridized carbons (Fsp3) is 0.330. The predicted octanol–water partition coefficient (Wildman–Crippen LogP) is 15.7. The Hall–Kier alpha value is -9.09. The summed E-state index contributed by atoms with van der Waals surface area (Å²) in [5, 5.41) is 0. The minimum absolute atomic E-state index is 0.00743. The van der Waals surface area contributed by atoms with Crippen LogP contribution < -0.4 is 4.74 Å². The Bertz CT molecular complexity index is 4200. The molecule has 0 spiro atoms. The van der Waals surface area contributed by atoms with E-state index in [1.165, 1.54) is 0 Å². The van der Waals surface area contributed by atoms with Crippen LogP contribution in [0, 0.1) is 0 Å². The van der Waals surface area contributed by atoms with E-state index < -0.39 is 90.8 Å². The molecule has 0 aliphatic carbocycles. The van der Waals surface area contributed by atoms with Gasteiger partial charge in [-0.25, -0.2) is 4.79 Å². The van der Waals surface area contributed by atoms with Gasteiger partial charge in [0, 0.05) is 0 Å². The molecule has 0 radical (unpaired) electrons. The third-order valence-corrected chi connectivity index (χ3v) is 19.5. The summed E-state index contributed by atoms with van der Waals surface area (Å²) in [6, 6.07) is 96.5. The first-order chi connectivity index (χ1) is 53.1. The lowest BCUT2D eigenvalue weighted by atomic mass is 9.89. The Labute approximate surface area is 633 Å². The van der Waals surface area contributed by atoms with Crippen LogP contribution in [0.2, 0.25) is 0 Å². The number of methoxy groups -OCH3 is 1. The number of hydrogen-bond acceptors (Lipinski definition) is 17. The number of ether oxygens (including phenoxy) is 16. The van der Waals surface area contributed by atoms with Gasteiger partial charge in [0.05, 0.1) is 93.0 Å². The van der Waals surface area contributed by atoms with E-state index in [0.29, 0.717) is 5.75 Å². The van der Waals surface area contributed by atoms with Crippen molar-refractivity contribution in [1.29, 1.82) is 0 Å². The average molecular weight is 1460 g/mol. The molecule has 17 nitrogen and oxygen atoms in total. The van der Waals surface area contributed by atoms with Crippen LogP contribution in [0.5, 0.6) is 5.75 Å². The lowest BCUT2D eigenvalue weighted by Gasteiger charge is -2.56. The summed E-state index contributed by atoms with van der Waals surface area (Å²) in [5.74, 6) is -3.96. The highest BCUT2D eigenvalue weighted by Gasteiger charge is 2.64. The first-order valence-electron chi connectivity index (χ1n) is 37.1. The molecule has 562 valence electrons. The molecule has 0 amide bonds. The van der Waals surface area contributed by atoms with E-state index in [9.17, 15) is 0 Å². The number of rotatable bonds is 38. The molecule has 0 N–H and O–H groups in total. The molecule has 108 heavy (non-hydrogen) atoms. The number of carbonyl (C=O) groups is 1. The molecule has 10 aromatic carbocycles. The quantitative estimate of drug-likeness (QED) is 0.0335. The zero-order valence-corrected chi connectivity index (χ0v) is 61.4. The van der Waals surface area contributed by atoms with Crippen molar-refractivity contribution in [3.8, 4) is 5.75 Å². The molecule has 0 aromatic heterocycles. The van der Waals surface area contributed by atoms with Gasteiger partial charge in [0.1, 0.15) is 66.8 Å². The molecular formula is C91H96O17. The van der Waals surface area contributed by atoms with Crippen LogP contribution in [-0.2, 0) is 142 Å². The number of carbonyl (C=O) groups excluding carboxylic acids is 1. The maximum Gasteiger partial charge on any atom is 0.338 e. The molecule has 0 bridgehead atoms. The third kappa shape index (κ3) is 21.4. The van der Waals surface area contributed by atoms with Crippen molar-refractivity contribution in [3.63, 3.8) is 0 Å². The van der Waals surface area contributed by atoms with Crippen molar-refractivity contribution >= 4 is 5.97 Å². The van der Waals surface area contributed by atoms with Gasteiger partial charge in [-0.2, -0.15) is 0 Å². The third-order valence-electron chi connectivity index (χ3n) is 19.5. The number of cyclic esters (lactones) is 1. The van der Waals surface area contributed by atoms with E-state index in [4.69, 9.17) is 75.8 Å². The molecule has 3 aliphatic heterocycles. The Kier molecular flexibility index (Phi) is 28.1. The molecule has 3 saturated heterocycles. The number of esters is 1. The summed E-state index contributed by atoms with van der Waals surface area (Å²) in [6.45, 7) is 4.80. The van der Waals surface area contributed by atoms with Gasteiger partial charge in [0.15, 0.2) is 23.8 Å². The van der Waals surface area contributed by atoms with E-state index in [1.54, 1.807) is 14.0 Å². The Morgan fingerprint density at radius 2 is 0.537 bits per heavy atom. The first-order valence-corrected chi connectivity index (χ1v) is 37.1. The Balaban J connectivity index is 0.959. The van der Waals surface area contributed by atoms with Crippen LogP contribution in [0.4, 0.5) is 0 Å². The molecular weight excluding hydrogens is 1360 g/mol. The fourth-order valence-corrected chi connectivity index (χ4v) is 13.9. The topological polar surface area (TPSA) is 165 Å². The Morgan fingerprint density at radius 3 is 0.880 bits per heavy atom. The average Bonchev–Trinajstić information content (AvgIpc) is 0.734. The summed E-state index contributed by atoms with van der Waals surface area (Å²) < 4.78 is 115. The van der Waals surface area contributed by atoms with E-state index in [1.807, 2.05) is 304 Å². The van der Waals surface area contributed by atoms with Crippen LogP contribution in [0.15, 0.2) is 297 Å². The van der Waals surface area contributed by atoms with Gasteiger partial charge >= 0.3 is 5.97 Å². The monoisotopic (exact) mass is 1460 g/mol. The van der Waals surface area contributed by atoms with Gasteiger partial charge in [-0.3, -0.25) is 0 Å². The normalized spacial score (nSPS) is 24.9. The van der Waals surface area contributed by atoms with Gasteiger partial charge in [-0.15, -0.1) is 0 Å². The van der Waals surface area contributed by atoms with Gasteiger partial charge in [-0.1, -0.05) is 285 Å². The SMILES string of the molecule is COc1ccc(CO[C@H]2[C@H](OCc3ccccc3)[C@@H](COCc3ccccc3)O[C@](C)(O[C@H]3[C@H](OCc4ccccc4)[C@@H](COCc4ccccc4)O[C@](C)(O[C@@H]4C(=O)O[C@H](COCc5ccccc5)[C@@H](OCc5ccccc5)[C@@H]4OCc4ccccc4)[C@H]3OCc3ccccc3)[C@H]2OCc2ccccc2)cc1. The molecule has 10 aromatic rings. The molecule has 0 unspecified atom stereocenters. The highest BCUT2D eigenvalue weighted by Crippen LogP contribution is 2.46. The Morgan fingerprint density at radius 1 is 0.278 bits per heavy atom. The van der Waals surface area contributed by atoms with Crippen LogP contribution in [-0.4, -0.2) is 118 Å². The highest BCUT2D eigenvalue weighted by atomic mass is 16.8. The van der Waals surface area contributed by atoms with Crippen LogP contribution in [0.25, 0.3) is 0 Å². The standard InChI is InChI=1S/C91H96O17/c1-90(87(102-61-73-45-27-11-28-46-73)84(101-60-75-49-51-76(93-3)52-50-75)81(98-57-70-39-21-8-22-40-70)78(105-90)64-95-54-67-33-15-5-16-34-67)107-85-82(99-58-71-41-23-9-24-42-71)79(65-96-55-68-35-17-6-18-36-68)106-91(2,88(85)103-62-74-47-29-12-30-48-74)108-86-83(100-59-72-43-25-10-26-44-72)80(97-56-69-37-19-7-20-38-69)77(104-89(86)92)63-94-53-66-31-13-4-14-32-66/h4-52,77-88H,53-65H2,1-3H3/t77-,78-,79-,80-,81-,82-,83+,84+,85+,86+,87+,88+,90-,91-/m1/s1. The lowest BCUT2D eigenvalue weighted by Crippen LogP contribution is -2.73. The number of hydrogen-bond donors (Lipinski definition) is 0. The summed E-state index contributed by atoms with van der Waals surface area (Å²) >= 11 is 0. The van der Waals surface area contributed by atoms with Crippen molar-refractivity contribution in [2.45, 2.75) is 165 Å². The van der Waals surface area contributed by atoms with E-state index in [0.717, 1.165) is 55.6 Å². The zero-order valence-electron chi connectivity index (χ0n) is 61.4. The van der Waals surface area contributed by atoms with Crippen LogP contribution in [0.3, 0.4) is 0 Å². The van der Waals surface area contributed by atoms with Gasteiger partial charge in [0.25, 0.3) is 0 Å². The first kappa shape index (κ1) is 77.1. The van der Waals surface area contributed by atoms with Crippen molar-refractivity contribution in [3.05, 3.63) is 353 Å². The van der Waals surface area contributed by atoms with E-state index in [2.05, 4.69) is 0 Å². The maximum absolute atomic E-state index is 15.8. The maximum atomic E-state index is 15.8. The fourth-order valence-electron chi connectivity index (χ4n) is 13.9. The molecule has 13 rings (SSSR count). The van der Waals surface area contributed by atoms with Crippen molar-refractivity contribution < 1.29 is 80.6 Å². The summed E-state index contributed by atoms with van der Waals surface area (Å²) in [4.78, 5) is 15.8. The van der Waals surface area contributed by atoms with Crippen molar-refractivity contribution in [2.24, 2.45) is 0 Å². The van der Waals surface area contributed by atoms with Crippen molar-refractivity contribution in [2.75, 3.05) is 26.9 Å². The smallest absolute Gasteiger partial charge is 0.338 e. The molecule has 3 aliphatic rings. The minimum atomic E-state index is -2.03. The summed E-state index contributed by atoms with van der Waals surface area (Å²) in [6.07, 6.45) is -13.4. The second-order valence-corrected chi connectivity index (χ2v) is 27.5. The number of benzene rings is 10. The zero-order chi connectivity index (χ0) is 74.0. The summed E-state index contributed by atoms with van der Waals surface area (Å²) in [7, 11) is 1.64. The molecule has 14 atom stereocenters. The van der Waals surface area contributed by atoms with Gasteiger partial charge in [0.2, 0.25) is 0 Å². The summed E-state index contributed by atoms with van der Waals surface area (Å²) in [5.41, 5.74) is 8.88. The molecule has 3 fully saturated rings. The largest absolute Gasteiger partial charge is 0.497 e.